The van der Waals surface area contributed by atoms with E-state index in [1.165, 1.54) is 29.7 Å². The fraction of sp³-hybridized carbons (Fsp3) is 0.517. The summed E-state index contributed by atoms with van der Waals surface area (Å²) in [5, 5.41) is 1.08. The molecule has 0 unspecified atom stereocenters. The third kappa shape index (κ3) is 5.73. The van der Waals surface area contributed by atoms with Crippen LogP contribution >= 0.6 is 11.3 Å². The zero-order valence-electron chi connectivity index (χ0n) is 19.7. The summed E-state index contributed by atoms with van der Waals surface area (Å²) in [7, 11) is 0. The van der Waals surface area contributed by atoms with Crippen LogP contribution in [0, 0.1) is 11.7 Å². The molecular formula is C29H37FOS. The highest BCUT2D eigenvalue weighted by molar-refractivity contribution is 7.19. The summed E-state index contributed by atoms with van der Waals surface area (Å²) in [6.07, 6.45) is 11.4. The molecule has 1 aromatic heterocycles. The molecule has 0 atom stereocenters. The number of ether oxygens (including phenoxy) is 1. The lowest BCUT2D eigenvalue weighted by atomic mass is 9.76. The van der Waals surface area contributed by atoms with Crippen molar-refractivity contribution >= 4 is 21.4 Å². The highest BCUT2D eigenvalue weighted by Gasteiger charge is 2.25. The Hall–Kier alpha value is -1.87. The smallest absolute Gasteiger partial charge is 0.144 e. The minimum absolute atomic E-state index is 0.0551. The predicted octanol–water partition coefficient (Wildman–Crippen LogP) is 9.08. The first-order chi connectivity index (χ1) is 15.7. The summed E-state index contributed by atoms with van der Waals surface area (Å²) in [6, 6.07) is 15.0. The van der Waals surface area contributed by atoms with Gasteiger partial charge in [-0.15, -0.1) is 11.3 Å². The number of hydrogen-bond donors (Lipinski definition) is 0. The average Bonchev–Trinajstić information content (AvgIpc) is 3.23. The molecule has 0 aliphatic heterocycles. The Morgan fingerprint density at radius 1 is 0.938 bits per heavy atom. The highest BCUT2D eigenvalue weighted by atomic mass is 32.1. The van der Waals surface area contributed by atoms with Gasteiger partial charge in [-0.05, 0) is 97.9 Å². The van der Waals surface area contributed by atoms with Crippen LogP contribution in [-0.4, -0.2) is 6.61 Å². The molecule has 32 heavy (non-hydrogen) atoms. The Labute approximate surface area is 197 Å². The molecule has 0 spiro atoms. The fourth-order valence-corrected chi connectivity index (χ4v) is 6.25. The standard InChI is InChI=1S/C29H37FOS/c1-3-5-19-31-25-16-11-22(12-17-25)8-7-21-9-13-23(14-10-21)27-18-15-24-20-26(6-4-2)32-29(24)28(27)30/h11-12,15-18,20-21,23H,3-10,13-14,19H2,1-2H3. The Kier molecular flexibility index (Phi) is 8.24. The summed E-state index contributed by atoms with van der Waals surface area (Å²) >= 11 is 1.66. The van der Waals surface area contributed by atoms with E-state index in [4.69, 9.17) is 4.74 Å². The average molecular weight is 453 g/mol. The van der Waals surface area contributed by atoms with Crippen molar-refractivity contribution in [2.45, 2.75) is 84.0 Å². The van der Waals surface area contributed by atoms with Crippen LogP contribution in [0.4, 0.5) is 4.39 Å². The quantitative estimate of drug-likeness (QED) is 0.279. The Balaban J connectivity index is 1.28. The topological polar surface area (TPSA) is 9.23 Å². The van der Waals surface area contributed by atoms with Crippen LogP contribution in [0.2, 0.25) is 0 Å². The van der Waals surface area contributed by atoms with Crippen LogP contribution in [0.1, 0.15) is 87.1 Å². The molecule has 3 heteroatoms. The lowest BCUT2D eigenvalue weighted by Gasteiger charge is -2.29. The molecule has 1 heterocycles. The molecule has 172 valence electrons. The van der Waals surface area contributed by atoms with E-state index < -0.39 is 0 Å². The van der Waals surface area contributed by atoms with Crippen molar-refractivity contribution in [3.8, 4) is 5.75 Å². The molecule has 4 rings (SSSR count). The maximum Gasteiger partial charge on any atom is 0.144 e. The number of fused-ring (bicyclic) bond motifs is 1. The molecule has 0 radical (unpaired) electrons. The third-order valence-electron chi connectivity index (χ3n) is 7.02. The van der Waals surface area contributed by atoms with Gasteiger partial charge in [-0.1, -0.05) is 51.0 Å². The van der Waals surface area contributed by atoms with E-state index in [0.29, 0.717) is 5.92 Å². The number of aryl methyl sites for hydroxylation is 2. The van der Waals surface area contributed by atoms with Gasteiger partial charge in [0, 0.05) is 4.88 Å². The maximum absolute atomic E-state index is 15.3. The van der Waals surface area contributed by atoms with Crippen LogP contribution in [0.15, 0.2) is 42.5 Å². The Bertz CT molecular complexity index is 982. The van der Waals surface area contributed by atoms with E-state index in [9.17, 15) is 0 Å². The lowest BCUT2D eigenvalue weighted by Crippen LogP contribution is -2.15. The van der Waals surface area contributed by atoms with Gasteiger partial charge < -0.3 is 4.74 Å². The summed E-state index contributed by atoms with van der Waals surface area (Å²) in [6.45, 7) is 5.17. The number of hydrogen-bond acceptors (Lipinski definition) is 2. The first-order valence-corrected chi connectivity index (χ1v) is 13.4. The summed E-state index contributed by atoms with van der Waals surface area (Å²) < 4.78 is 21.9. The van der Waals surface area contributed by atoms with Gasteiger partial charge in [0.05, 0.1) is 11.3 Å². The second-order valence-electron chi connectivity index (χ2n) is 9.45. The lowest BCUT2D eigenvalue weighted by molar-refractivity contribution is 0.306. The van der Waals surface area contributed by atoms with Gasteiger partial charge in [0.25, 0.3) is 0 Å². The Morgan fingerprint density at radius 2 is 1.72 bits per heavy atom. The van der Waals surface area contributed by atoms with E-state index in [-0.39, 0.29) is 5.82 Å². The predicted molar refractivity (Wildman–Crippen MR) is 136 cm³/mol. The SMILES string of the molecule is CCCCOc1ccc(CCC2CCC(c3ccc4cc(CCC)sc4c3F)CC2)cc1. The van der Waals surface area contributed by atoms with E-state index >= 15 is 4.39 Å². The second-order valence-corrected chi connectivity index (χ2v) is 10.6. The molecule has 1 nitrogen and oxygen atoms in total. The number of benzene rings is 2. The third-order valence-corrected chi connectivity index (χ3v) is 8.22. The molecular weight excluding hydrogens is 415 g/mol. The monoisotopic (exact) mass is 452 g/mol. The zero-order valence-corrected chi connectivity index (χ0v) is 20.5. The largest absolute Gasteiger partial charge is 0.494 e. The molecule has 1 fully saturated rings. The van der Waals surface area contributed by atoms with Crippen molar-refractivity contribution in [2.24, 2.45) is 5.92 Å². The normalized spacial score (nSPS) is 18.8. The molecule has 0 N–H and O–H groups in total. The highest BCUT2D eigenvalue weighted by Crippen LogP contribution is 2.41. The molecule has 2 aromatic carbocycles. The van der Waals surface area contributed by atoms with Crippen LogP contribution in [0.25, 0.3) is 10.1 Å². The maximum atomic E-state index is 15.3. The van der Waals surface area contributed by atoms with Gasteiger partial charge in [-0.3, -0.25) is 0 Å². The first kappa shape index (κ1) is 23.3. The van der Waals surface area contributed by atoms with Crippen molar-refractivity contribution in [1.82, 2.24) is 0 Å². The minimum atomic E-state index is 0.0551. The van der Waals surface area contributed by atoms with Crippen LogP contribution in [-0.2, 0) is 12.8 Å². The van der Waals surface area contributed by atoms with Crippen LogP contribution in [0.5, 0.6) is 5.75 Å². The second kappa shape index (κ2) is 11.3. The van der Waals surface area contributed by atoms with Crippen LogP contribution < -0.4 is 4.74 Å². The molecule has 1 aliphatic carbocycles. The number of thiophene rings is 1. The summed E-state index contributed by atoms with van der Waals surface area (Å²) in [5.74, 6) is 2.18. The molecule has 1 aliphatic rings. The zero-order chi connectivity index (χ0) is 22.3. The van der Waals surface area contributed by atoms with Gasteiger partial charge >= 0.3 is 0 Å². The van der Waals surface area contributed by atoms with Gasteiger partial charge in [-0.2, -0.15) is 0 Å². The molecule has 0 bridgehead atoms. The van der Waals surface area contributed by atoms with Crippen molar-refractivity contribution < 1.29 is 9.13 Å². The van der Waals surface area contributed by atoms with Crippen molar-refractivity contribution in [3.63, 3.8) is 0 Å². The fourth-order valence-electron chi connectivity index (χ4n) is 5.04. The van der Waals surface area contributed by atoms with Crippen molar-refractivity contribution in [3.05, 3.63) is 64.3 Å². The van der Waals surface area contributed by atoms with Gasteiger partial charge in [0.1, 0.15) is 11.6 Å². The van der Waals surface area contributed by atoms with Gasteiger partial charge in [-0.25, -0.2) is 4.39 Å². The molecule has 0 amide bonds. The molecule has 0 saturated heterocycles. The Morgan fingerprint density at radius 3 is 2.44 bits per heavy atom. The molecule has 3 aromatic rings. The van der Waals surface area contributed by atoms with E-state index in [1.807, 2.05) is 0 Å². The number of unbranched alkanes of at least 4 members (excludes halogenated alkanes) is 1. The van der Waals surface area contributed by atoms with Crippen LogP contribution in [0.3, 0.4) is 0 Å². The number of halogens is 1. The first-order valence-electron chi connectivity index (χ1n) is 12.6. The van der Waals surface area contributed by atoms with Gasteiger partial charge in [0.2, 0.25) is 0 Å². The van der Waals surface area contributed by atoms with Crippen molar-refractivity contribution in [1.29, 1.82) is 0 Å². The van der Waals surface area contributed by atoms with E-state index in [0.717, 1.165) is 78.9 Å². The number of rotatable bonds is 10. The molecule has 1 saturated carbocycles. The van der Waals surface area contributed by atoms with E-state index in [1.54, 1.807) is 11.3 Å². The van der Waals surface area contributed by atoms with Crippen molar-refractivity contribution in [2.75, 3.05) is 6.61 Å². The van der Waals surface area contributed by atoms with Gasteiger partial charge in [0.15, 0.2) is 0 Å². The minimum Gasteiger partial charge on any atom is -0.494 e. The summed E-state index contributed by atoms with van der Waals surface area (Å²) in [5.41, 5.74) is 2.35. The van der Waals surface area contributed by atoms with E-state index in [2.05, 4.69) is 56.3 Å². The summed E-state index contributed by atoms with van der Waals surface area (Å²) in [4.78, 5) is 1.31.